The summed E-state index contributed by atoms with van der Waals surface area (Å²) in [4.78, 5) is 23.1. The molecule has 3 heteroatoms. The molecule has 1 aliphatic carbocycles. The Morgan fingerprint density at radius 1 is 1.25 bits per heavy atom. The van der Waals surface area contributed by atoms with Gasteiger partial charge in [-0.1, -0.05) is 46.1 Å². The van der Waals surface area contributed by atoms with Crippen LogP contribution in [0.2, 0.25) is 0 Å². The van der Waals surface area contributed by atoms with E-state index in [1.807, 2.05) is 27.7 Å². The molecule has 1 rings (SSSR count). The first-order chi connectivity index (χ1) is 11.2. The lowest BCUT2D eigenvalue weighted by atomic mass is 9.62. The Balaban J connectivity index is 3.17. The Labute approximate surface area is 146 Å². The third-order valence-electron chi connectivity index (χ3n) is 5.19. The number of aliphatic hydroxyl groups is 1. The lowest BCUT2D eigenvalue weighted by Gasteiger charge is -2.46. The summed E-state index contributed by atoms with van der Waals surface area (Å²) >= 11 is 0. The van der Waals surface area contributed by atoms with E-state index >= 15 is 0 Å². The molecule has 0 bridgehead atoms. The van der Waals surface area contributed by atoms with Gasteiger partial charge in [0.25, 0.3) is 0 Å². The quantitative estimate of drug-likeness (QED) is 0.303. The molecule has 0 aromatic heterocycles. The average Bonchev–Trinajstić information content (AvgIpc) is 2.50. The summed E-state index contributed by atoms with van der Waals surface area (Å²) in [6, 6.07) is 0. The van der Waals surface area contributed by atoms with E-state index in [-0.39, 0.29) is 5.78 Å². The van der Waals surface area contributed by atoms with Crippen molar-refractivity contribution in [2.24, 2.45) is 5.41 Å². The fraction of sp³-hybridized carbons (Fsp3) is 0.619. The molecule has 1 unspecified atom stereocenters. The highest BCUT2D eigenvalue weighted by Gasteiger charge is 2.49. The van der Waals surface area contributed by atoms with Crippen LogP contribution >= 0.6 is 0 Å². The van der Waals surface area contributed by atoms with Crippen molar-refractivity contribution in [3.63, 3.8) is 0 Å². The van der Waals surface area contributed by atoms with Crippen LogP contribution in [0.1, 0.15) is 73.1 Å². The molecule has 24 heavy (non-hydrogen) atoms. The van der Waals surface area contributed by atoms with Crippen LogP contribution in [0.25, 0.3) is 0 Å². The second-order valence-corrected chi connectivity index (χ2v) is 7.54. The molecule has 134 valence electrons. The van der Waals surface area contributed by atoms with E-state index in [4.69, 9.17) is 0 Å². The number of allylic oxidation sites excluding steroid dienone is 4. The van der Waals surface area contributed by atoms with Crippen molar-refractivity contribution in [2.75, 3.05) is 0 Å². The smallest absolute Gasteiger partial charge is 0.159 e. The molecule has 0 saturated carbocycles. The number of rotatable bonds is 8. The first-order valence-electron chi connectivity index (χ1n) is 8.96. The minimum Gasteiger partial charge on any atom is -0.381 e. The zero-order chi connectivity index (χ0) is 18.4. The van der Waals surface area contributed by atoms with Crippen molar-refractivity contribution >= 4 is 12.1 Å². The Kier molecular flexibility index (Phi) is 7.34. The van der Waals surface area contributed by atoms with E-state index in [1.54, 1.807) is 12.2 Å². The van der Waals surface area contributed by atoms with E-state index in [9.17, 15) is 14.7 Å². The maximum atomic E-state index is 12.6. The van der Waals surface area contributed by atoms with Gasteiger partial charge in [-0.05, 0) is 55.6 Å². The molecule has 1 atom stereocenters. The number of carbonyl (C=O) groups excluding carboxylic acids is 2. The largest absolute Gasteiger partial charge is 0.381 e. The second kappa shape index (κ2) is 8.57. The minimum absolute atomic E-state index is 0.159. The maximum absolute atomic E-state index is 12.6. The Morgan fingerprint density at radius 3 is 2.50 bits per heavy atom. The minimum atomic E-state index is -1.17. The molecule has 0 aromatic rings. The number of carbonyl (C=O) groups is 2. The Hall–Kier alpha value is -1.48. The number of ketones is 1. The first-order valence-corrected chi connectivity index (χ1v) is 8.96. The van der Waals surface area contributed by atoms with Crippen molar-refractivity contribution in [3.05, 3.63) is 34.9 Å². The van der Waals surface area contributed by atoms with Gasteiger partial charge in [0.05, 0.1) is 0 Å². The Morgan fingerprint density at radius 2 is 1.92 bits per heavy atom. The van der Waals surface area contributed by atoms with E-state index in [2.05, 4.69) is 6.92 Å². The van der Waals surface area contributed by atoms with Gasteiger partial charge in [0, 0.05) is 11.8 Å². The van der Waals surface area contributed by atoms with Crippen LogP contribution in [0.5, 0.6) is 0 Å². The summed E-state index contributed by atoms with van der Waals surface area (Å²) < 4.78 is 0. The van der Waals surface area contributed by atoms with Crippen LogP contribution in [0.3, 0.4) is 0 Å². The van der Waals surface area contributed by atoms with Crippen molar-refractivity contribution in [1.82, 2.24) is 0 Å². The molecule has 0 aromatic carbocycles. The van der Waals surface area contributed by atoms with Crippen molar-refractivity contribution in [1.29, 1.82) is 0 Å². The molecule has 0 fully saturated rings. The molecule has 0 radical (unpaired) electrons. The molecule has 3 nitrogen and oxygen atoms in total. The summed E-state index contributed by atoms with van der Waals surface area (Å²) in [7, 11) is 0. The van der Waals surface area contributed by atoms with Gasteiger partial charge in [-0.3, -0.25) is 9.59 Å². The fourth-order valence-electron chi connectivity index (χ4n) is 3.41. The Bertz CT molecular complexity index is 564. The van der Waals surface area contributed by atoms with Gasteiger partial charge < -0.3 is 5.11 Å². The van der Waals surface area contributed by atoms with E-state index in [0.717, 1.165) is 48.7 Å². The molecule has 1 N–H and O–H groups in total. The van der Waals surface area contributed by atoms with Crippen LogP contribution in [0.15, 0.2) is 34.9 Å². The van der Waals surface area contributed by atoms with Gasteiger partial charge in [-0.2, -0.15) is 0 Å². The van der Waals surface area contributed by atoms with Crippen molar-refractivity contribution < 1.29 is 14.7 Å². The standard InChI is InChI=1S/C21H32O3/c1-6-7-8-9-10-18-17(3)21(24,13-11-16(2)12-14-22)20(4,5)15-19(18)23/h11-14,24H,6-10,15H2,1-5H3. The van der Waals surface area contributed by atoms with Crippen LogP contribution in [-0.2, 0) is 9.59 Å². The second-order valence-electron chi connectivity index (χ2n) is 7.54. The lowest BCUT2D eigenvalue weighted by Crippen LogP contribution is -2.49. The molecule has 0 saturated heterocycles. The van der Waals surface area contributed by atoms with Gasteiger partial charge in [0.2, 0.25) is 0 Å². The molecule has 0 spiro atoms. The third-order valence-corrected chi connectivity index (χ3v) is 5.19. The number of Topliss-reactive ketones (excluding diaryl/α,β-unsaturated/α-hetero) is 1. The molecule has 0 amide bonds. The van der Waals surface area contributed by atoms with E-state index in [0.29, 0.717) is 6.42 Å². The SMILES string of the molecule is CCCCCCC1=C(C)C(O)(C=CC(C)=CC=O)C(C)(C)CC1=O. The predicted molar refractivity (Wildman–Crippen MR) is 98.8 cm³/mol. The normalized spacial score (nSPS) is 24.8. The van der Waals surface area contributed by atoms with E-state index in [1.165, 1.54) is 12.5 Å². The van der Waals surface area contributed by atoms with Gasteiger partial charge in [0.15, 0.2) is 5.78 Å². The van der Waals surface area contributed by atoms with Gasteiger partial charge in [0.1, 0.15) is 11.9 Å². The van der Waals surface area contributed by atoms with Crippen LogP contribution < -0.4 is 0 Å². The average molecular weight is 332 g/mol. The molecule has 0 heterocycles. The van der Waals surface area contributed by atoms with Crippen LogP contribution in [-0.4, -0.2) is 22.8 Å². The molecule has 0 aliphatic heterocycles. The van der Waals surface area contributed by atoms with Crippen molar-refractivity contribution in [2.45, 2.75) is 78.7 Å². The lowest BCUT2D eigenvalue weighted by molar-refractivity contribution is -0.123. The third kappa shape index (κ3) is 4.54. The zero-order valence-corrected chi connectivity index (χ0v) is 15.8. The summed E-state index contributed by atoms with van der Waals surface area (Å²) in [6.07, 6.45) is 11.2. The summed E-state index contributed by atoms with van der Waals surface area (Å²) in [5.41, 5.74) is 0.589. The summed E-state index contributed by atoms with van der Waals surface area (Å²) in [6.45, 7) is 9.70. The highest BCUT2D eigenvalue weighted by molar-refractivity contribution is 5.98. The zero-order valence-electron chi connectivity index (χ0n) is 15.8. The number of hydrogen-bond donors (Lipinski definition) is 1. The summed E-state index contributed by atoms with van der Waals surface area (Å²) in [5.74, 6) is 0.159. The number of hydrogen-bond acceptors (Lipinski definition) is 3. The summed E-state index contributed by atoms with van der Waals surface area (Å²) in [5, 5.41) is 11.4. The van der Waals surface area contributed by atoms with Crippen LogP contribution in [0.4, 0.5) is 0 Å². The molecular weight excluding hydrogens is 300 g/mol. The molecular formula is C21H32O3. The maximum Gasteiger partial charge on any atom is 0.159 e. The fourth-order valence-corrected chi connectivity index (χ4v) is 3.41. The first kappa shape index (κ1) is 20.6. The number of unbranched alkanes of at least 4 members (excludes halogenated alkanes) is 3. The highest BCUT2D eigenvalue weighted by atomic mass is 16.3. The van der Waals surface area contributed by atoms with Gasteiger partial charge in [-0.15, -0.1) is 0 Å². The van der Waals surface area contributed by atoms with Gasteiger partial charge in [-0.25, -0.2) is 0 Å². The molecule has 1 aliphatic rings. The van der Waals surface area contributed by atoms with Crippen LogP contribution in [0, 0.1) is 5.41 Å². The van der Waals surface area contributed by atoms with Crippen molar-refractivity contribution in [3.8, 4) is 0 Å². The van der Waals surface area contributed by atoms with Gasteiger partial charge >= 0.3 is 0 Å². The highest BCUT2D eigenvalue weighted by Crippen LogP contribution is 2.47. The topological polar surface area (TPSA) is 54.4 Å². The monoisotopic (exact) mass is 332 g/mol. The van der Waals surface area contributed by atoms with E-state index < -0.39 is 11.0 Å². The predicted octanol–water partition coefficient (Wildman–Crippen LogP) is 4.70. The number of aldehydes is 1.